The summed E-state index contributed by atoms with van der Waals surface area (Å²) in [5, 5.41) is 13.6. The van der Waals surface area contributed by atoms with E-state index in [1.807, 2.05) is 0 Å². The third-order valence-corrected chi connectivity index (χ3v) is 3.57. The van der Waals surface area contributed by atoms with Gasteiger partial charge in [0.25, 0.3) is 11.8 Å². The number of hydrogen-bond donors (Lipinski definition) is 3. The van der Waals surface area contributed by atoms with Crippen molar-refractivity contribution in [2.24, 2.45) is 0 Å². The number of rotatable bonds is 7. The fourth-order valence-corrected chi connectivity index (χ4v) is 2.30. The number of hydrogen-bond acceptors (Lipinski definition) is 6. The molecule has 1 aliphatic rings. The maximum atomic E-state index is 12.4. The number of carbonyl (C=O) groups excluding carboxylic acids is 2. The van der Waals surface area contributed by atoms with Crippen molar-refractivity contribution in [3.05, 3.63) is 53.6 Å². The number of carboxylic acids is 1. The topological polar surface area (TPSA) is 127 Å². The molecule has 27 heavy (non-hydrogen) atoms. The van der Waals surface area contributed by atoms with Gasteiger partial charge in [0.05, 0.1) is 12.7 Å². The zero-order valence-corrected chi connectivity index (χ0v) is 14.1. The van der Waals surface area contributed by atoms with E-state index in [9.17, 15) is 14.4 Å². The smallest absolute Gasteiger partial charge is 0.305 e. The van der Waals surface area contributed by atoms with E-state index in [2.05, 4.69) is 10.6 Å². The SMILES string of the molecule is O=C(O)CCNC(=O)/C(=C/c1ccc2c(c1)OCO2)NC(=O)c1ccco1. The lowest BCUT2D eigenvalue weighted by molar-refractivity contribution is -0.136. The molecule has 0 bridgehead atoms. The molecule has 3 N–H and O–H groups in total. The molecule has 0 saturated heterocycles. The minimum absolute atomic E-state index is 0.0323. The maximum Gasteiger partial charge on any atom is 0.305 e. The second-order valence-electron chi connectivity index (χ2n) is 5.50. The van der Waals surface area contributed by atoms with Crippen LogP contribution in [0, 0.1) is 0 Å². The molecule has 3 rings (SSSR count). The van der Waals surface area contributed by atoms with Crippen LogP contribution >= 0.6 is 0 Å². The second kappa shape index (κ2) is 8.09. The van der Waals surface area contributed by atoms with Gasteiger partial charge in [-0.15, -0.1) is 0 Å². The first-order valence-electron chi connectivity index (χ1n) is 7.99. The predicted octanol–water partition coefficient (Wildman–Crippen LogP) is 1.37. The first-order valence-corrected chi connectivity index (χ1v) is 7.99. The summed E-state index contributed by atoms with van der Waals surface area (Å²) in [6.45, 7) is 0.0313. The first kappa shape index (κ1) is 18.1. The highest BCUT2D eigenvalue weighted by atomic mass is 16.7. The zero-order chi connectivity index (χ0) is 19.2. The van der Waals surface area contributed by atoms with E-state index in [4.69, 9.17) is 19.0 Å². The summed E-state index contributed by atoms with van der Waals surface area (Å²) in [6, 6.07) is 8.03. The number of furan rings is 1. The molecule has 0 unspecified atom stereocenters. The van der Waals surface area contributed by atoms with Gasteiger partial charge in [-0.1, -0.05) is 6.07 Å². The zero-order valence-electron chi connectivity index (χ0n) is 14.1. The van der Waals surface area contributed by atoms with Gasteiger partial charge in [0.2, 0.25) is 6.79 Å². The van der Waals surface area contributed by atoms with Crippen LogP contribution in [0.3, 0.4) is 0 Å². The van der Waals surface area contributed by atoms with E-state index in [-0.39, 0.29) is 31.2 Å². The van der Waals surface area contributed by atoms with Gasteiger partial charge in [-0.25, -0.2) is 0 Å². The fourth-order valence-electron chi connectivity index (χ4n) is 2.30. The van der Waals surface area contributed by atoms with Crippen LogP contribution < -0.4 is 20.1 Å². The molecule has 0 spiro atoms. The Morgan fingerprint density at radius 2 is 1.96 bits per heavy atom. The van der Waals surface area contributed by atoms with Crippen molar-refractivity contribution in [3.63, 3.8) is 0 Å². The fraction of sp³-hybridized carbons (Fsp3) is 0.167. The molecule has 0 fully saturated rings. The van der Waals surface area contributed by atoms with Gasteiger partial charge >= 0.3 is 5.97 Å². The summed E-state index contributed by atoms with van der Waals surface area (Å²) in [5.74, 6) is -1.15. The number of carbonyl (C=O) groups is 3. The highest BCUT2D eigenvalue weighted by molar-refractivity contribution is 6.04. The van der Waals surface area contributed by atoms with Gasteiger partial charge in [-0.2, -0.15) is 0 Å². The van der Waals surface area contributed by atoms with Gasteiger partial charge < -0.3 is 29.6 Å². The quantitative estimate of drug-likeness (QED) is 0.626. The van der Waals surface area contributed by atoms with Crippen molar-refractivity contribution >= 4 is 23.9 Å². The molecular weight excluding hydrogens is 356 g/mol. The molecule has 0 saturated carbocycles. The third-order valence-electron chi connectivity index (χ3n) is 3.57. The molecule has 0 aliphatic carbocycles. The molecule has 1 aromatic carbocycles. The van der Waals surface area contributed by atoms with Gasteiger partial charge in [-0.05, 0) is 35.9 Å². The van der Waals surface area contributed by atoms with Crippen molar-refractivity contribution in [2.75, 3.05) is 13.3 Å². The van der Waals surface area contributed by atoms with Crippen LogP contribution in [0.25, 0.3) is 6.08 Å². The van der Waals surface area contributed by atoms with E-state index >= 15 is 0 Å². The Morgan fingerprint density at radius 1 is 1.15 bits per heavy atom. The van der Waals surface area contributed by atoms with E-state index in [0.717, 1.165) is 0 Å². The van der Waals surface area contributed by atoms with E-state index < -0.39 is 17.8 Å². The van der Waals surface area contributed by atoms with Crippen LogP contribution in [-0.4, -0.2) is 36.2 Å². The molecule has 9 heteroatoms. The summed E-state index contributed by atoms with van der Waals surface area (Å²) in [6.07, 6.45) is 2.54. The average Bonchev–Trinajstić information content (AvgIpc) is 3.32. The summed E-state index contributed by atoms with van der Waals surface area (Å²) in [4.78, 5) is 35.2. The number of amides is 2. The number of aliphatic carboxylic acids is 1. The lowest BCUT2D eigenvalue weighted by atomic mass is 10.1. The number of carboxylic acid groups (broad SMARTS) is 1. The van der Waals surface area contributed by atoms with Gasteiger partial charge in [0, 0.05) is 6.54 Å². The lowest BCUT2D eigenvalue weighted by Crippen LogP contribution is -2.35. The number of benzene rings is 1. The monoisotopic (exact) mass is 372 g/mol. The average molecular weight is 372 g/mol. The van der Waals surface area contributed by atoms with Crippen LogP contribution in [0.1, 0.15) is 22.5 Å². The van der Waals surface area contributed by atoms with Crippen molar-refractivity contribution in [3.8, 4) is 11.5 Å². The minimum atomic E-state index is -1.05. The Morgan fingerprint density at radius 3 is 2.70 bits per heavy atom. The van der Waals surface area contributed by atoms with Crippen LogP contribution in [0.2, 0.25) is 0 Å². The Hall–Kier alpha value is -3.75. The summed E-state index contributed by atoms with van der Waals surface area (Å²) in [5.41, 5.74) is 0.517. The summed E-state index contributed by atoms with van der Waals surface area (Å²) < 4.78 is 15.5. The van der Waals surface area contributed by atoms with Crippen molar-refractivity contribution in [1.82, 2.24) is 10.6 Å². The van der Waals surface area contributed by atoms with Crippen LogP contribution in [0.15, 0.2) is 46.7 Å². The predicted molar refractivity (Wildman–Crippen MR) is 92.0 cm³/mol. The van der Waals surface area contributed by atoms with Crippen molar-refractivity contribution in [1.29, 1.82) is 0 Å². The van der Waals surface area contributed by atoms with E-state index in [1.54, 1.807) is 24.3 Å². The molecule has 2 aromatic rings. The Labute approximate surface area is 153 Å². The number of fused-ring (bicyclic) bond motifs is 1. The number of ether oxygens (including phenoxy) is 2. The van der Waals surface area contributed by atoms with E-state index in [0.29, 0.717) is 17.1 Å². The molecule has 0 atom stereocenters. The van der Waals surface area contributed by atoms with Crippen molar-refractivity contribution in [2.45, 2.75) is 6.42 Å². The van der Waals surface area contributed by atoms with Crippen LogP contribution in [0.4, 0.5) is 0 Å². The second-order valence-corrected chi connectivity index (χ2v) is 5.50. The molecule has 140 valence electrons. The Bertz CT molecular complexity index is 887. The highest BCUT2D eigenvalue weighted by Crippen LogP contribution is 2.33. The molecule has 2 amide bonds. The molecule has 1 aromatic heterocycles. The maximum absolute atomic E-state index is 12.4. The van der Waals surface area contributed by atoms with Gasteiger partial charge in [-0.3, -0.25) is 14.4 Å². The Balaban J connectivity index is 1.80. The van der Waals surface area contributed by atoms with Crippen LogP contribution in [0.5, 0.6) is 11.5 Å². The first-order chi connectivity index (χ1) is 13.0. The molecular formula is C18H16N2O7. The van der Waals surface area contributed by atoms with Crippen LogP contribution in [-0.2, 0) is 9.59 Å². The number of nitrogens with one attached hydrogen (secondary N) is 2. The summed E-state index contributed by atoms with van der Waals surface area (Å²) >= 11 is 0. The van der Waals surface area contributed by atoms with Gasteiger partial charge in [0.1, 0.15) is 5.70 Å². The van der Waals surface area contributed by atoms with Gasteiger partial charge in [0.15, 0.2) is 17.3 Å². The largest absolute Gasteiger partial charge is 0.481 e. The standard InChI is InChI=1S/C18H16N2O7/c21-16(22)5-6-19-17(23)12(20-18(24)14-2-1-7-25-14)8-11-3-4-13-15(9-11)27-10-26-13/h1-4,7-9H,5-6,10H2,(H,19,23)(H,20,24)(H,21,22)/b12-8-. The molecule has 2 heterocycles. The summed E-state index contributed by atoms with van der Waals surface area (Å²) in [7, 11) is 0. The highest BCUT2D eigenvalue weighted by Gasteiger charge is 2.18. The minimum Gasteiger partial charge on any atom is -0.481 e. The van der Waals surface area contributed by atoms with Crippen molar-refractivity contribution < 1.29 is 33.4 Å². The molecule has 9 nitrogen and oxygen atoms in total. The normalized spacial score (nSPS) is 12.5. The lowest BCUT2D eigenvalue weighted by Gasteiger charge is -2.10. The molecule has 0 radical (unpaired) electrons. The molecule has 1 aliphatic heterocycles. The third kappa shape index (κ3) is 4.66. The Kier molecular flexibility index (Phi) is 5.41. The van der Waals surface area contributed by atoms with E-state index in [1.165, 1.54) is 18.4 Å².